The third kappa shape index (κ3) is 5.35. The Kier molecular flexibility index (Phi) is 8.25. The monoisotopic (exact) mass is 643 g/mol. The normalized spacial score (nSPS) is 17.6. The summed E-state index contributed by atoms with van der Waals surface area (Å²) in [5, 5.41) is 6.81. The number of amides is 2. The highest BCUT2D eigenvalue weighted by molar-refractivity contribution is 6.54. The smallest absolute Gasteiger partial charge is 0.257 e. The molecular formula is C24H14Cl6F3N3O2. The van der Waals surface area contributed by atoms with Gasteiger partial charge in [-0.3, -0.25) is 9.59 Å². The highest BCUT2D eigenvalue weighted by atomic mass is 35.5. The molecular weight excluding hydrogens is 632 g/mol. The van der Waals surface area contributed by atoms with E-state index in [0.29, 0.717) is 5.56 Å². The lowest BCUT2D eigenvalue weighted by Crippen LogP contribution is -2.19. The van der Waals surface area contributed by atoms with Crippen LogP contribution < -0.4 is 16.0 Å². The van der Waals surface area contributed by atoms with Gasteiger partial charge in [-0.05, 0) is 42.0 Å². The van der Waals surface area contributed by atoms with Gasteiger partial charge in [-0.2, -0.15) is 0 Å². The summed E-state index contributed by atoms with van der Waals surface area (Å²) < 4.78 is 41.3. The van der Waals surface area contributed by atoms with Gasteiger partial charge < -0.3 is 16.0 Å². The molecule has 0 radical (unpaired) electrons. The van der Waals surface area contributed by atoms with Gasteiger partial charge in [0.2, 0.25) is 5.91 Å². The molecule has 200 valence electrons. The summed E-state index contributed by atoms with van der Waals surface area (Å²) in [6, 6.07) is 6.84. The Bertz CT molecular complexity index is 1460. The van der Waals surface area contributed by atoms with E-state index in [2.05, 4.69) is 16.0 Å². The van der Waals surface area contributed by atoms with Gasteiger partial charge in [0.1, 0.15) is 21.7 Å². The average Bonchev–Trinajstić information content (AvgIpc) is 3.43. The van der Waals surface area contributed by atoms with Crippen LogP contribution in [0.15, 0.2) is 36.4 Å². The molecule has 4 rings (SSSR count). The van der Waals surface area contributed by atoms with Crippen LogP contribution in [0, 0.1) is 23.4 Å². The molecule has 1 saturated carbocycles. The molecule has 1 aliphatic rings. The van der Waals surface area contributed by atoms with E-state index >= 15 is 0 Å². The second-order valence-corrected chi connectivity index (χ2v) is 11.2. The fraction of sp³-hybridized carbons (Fsp3) is 0.167. The van der Waals surface area contributed by atoms with Crippen molar-refractivity contribution >= 4 is 98.5 Å². The number of alkyl halides is 2. The first-order valence-electron chi connectivity index (χ1n) is 10.6. The van der Waals surface area contributed by atoms with E-state index in [-0.39, 0.29) is 26.4 Å². The lowest BCUT2D eigenvalue weighted by Gasteiger charge is -2.13. The molecule has 1 aliphatic carbocycles. The minimum atomic E-state index is -1.54. The molecule has 1 fully saturated rings. The topological polar surface area (TPSA) is 70.2 Å². The van der Waals surface area contributed by atoms with E-state index < -0.39 is 61.7 Å². The molecule has 0 aromatic heterocycles. The van der Waals surface area contributed by atoms with Gasteiger partial charge in [-0.1, -0.05) is 46.4 Å². The Morgan fingerprint density at radius 1 is 0.868 bits per heavy atom. The van der Waals surface area contributed by atoms with Crippen LogP contribution in [0.2, 0.25) is 20.1 Å². The van der Waals surface area contributed by atoms with Gasteiger partial charge >= 0.3 is 0 Å². The maximum atomic E-state index is 14.6. The zero-order valence-corrected chi connectivity index (χ0v) is 23.4. The largest absolute Gasteiger partial charge is 0.383 e. The molecule has 0 heterocycles. The quantitative estimate of drug-likeness (QED) is 0.186. The molecule has 0 saturated heterocycles. The summed E-state index contributed by atoms with van der Waals surface area (Å²) in [4.78, 5) is 25.8. The second kappa shape index (κ2) is 10.8. The SMILES string of the molecule is CNc1c(F)ccc(NC(=O)c2cc(NC(=O)C3[C@H](c4cc(Cl)c(Cl)c(Cl)c4)C3(Cl)Cl)cc(F)c2Cl)c1F. The molecule has 0 aliphatic heterocycles. The number of hydrogen-bond acceptors (Lipinski definition) is 3. The van der Waals surface area contributed by atoms with Crippen LogP contribution >= 0.6 is 69.6 Å². The molecule has 38 heavy (non-hydrogen) atoms. The first-order valence-corrected chi connectivity index (χ1v) is 12.8. The van der Waals surface area contributed by atoms with Crippen LogP contribution in [0.5, 0.6) is 0 Å². The maximum absolute atomic E-state index is 14.6. The van der Waals surface area contributed by atoms with Crippen molar-refractivity contribution in [3.8, 4) is 0 Å². The summed E-state index contributed by atoms with van der Waals surface area (Å²) in [6.07, 6.45) is 0. The van der Waals surface area contributed by atoms with Crippen LogP contribution in [0.25, 0.3) is 0 Å². The fourth-order valence-electron chi connectivity index (χ4n) is 3.94. The Labute approximate surface area is 244 Å². The first kappa shape index (κ1) is 28.9. The van der Waals surface area contributed by atoms with Crippen LogP contribution in [0.3, 0.4) is 0 Å². The van der Waals surface area contributed by atoms with Crippen molar-refractivity contribution < 1.29 is 22.8 Å². The predicted octanol–water partition coefficient (Wildman–Crippen LogP) is 8.54. The van der Waals surface area contributed by atoms with Gasteiger partial charge in [-0.25, -0.2) is 13.2 Å². The average molecular weight is 646 g/mol. The summed E-state index contributed by atoms with van der Waals surface area (Å²) in [5.41, 5.74) is -0.988. The zero-order valence-electron chi connectivity index (χ0n) is 18.8. The van der Waals surface area contributed by atoms with Crippen molar-refractivity contribution in [1.29, 1.82) is 0 Å². The number of nitrogens with one attached hydrogen (secondary N) is 3. The minimum absolute atomic E-state index is 0.124. The first-order chi connectivity index (χ1) is 17.8. The molecule has 3 aromatic rings. The number of rotatable bonds is 6. The highest BCUT2D eigenvalue weighted by Gasteiger charge is 2.67. The standard InChI is InChI=1S/C24H14Cl6F3N3O2/c1-34-21-13(31)2-3-15(20(21)33)36-22(37)10-6-9(7-14(32)18(10)27)35-23(38)17-16(24(17,29)30)8-4-11(25)19(28)12(26)5-8/h2-7,16-17,34H,1H3,(H,35,38)(H,36,37)/t16-,17?/m0/s1. The number of carbonyl (C=O) groups excluding carboxylic acids is 2. The second-order valence-electron chi connectivity index (χ2n) is 8.23. The van der Waals surface area contributed by atoms with Crippen molar-refractivity contribution in [3.05, 3.63) is 85.1 Å². The predicted molar refractivity (Wildman–Crippen MR) is 146 cm³/mol. The van der Waals surface area contributed by atoms with Crippen molar-refractivity contribution in [3.63, 3.8) is 0 Å². The fourth-order valence-corrected chi connectivity index (χ4v) is 5.57. The van der Waals surface area contributed by atoms with Crippen LogP contribution in [-0.4, -0.2) is 23.2 Å². The van der Waals surface area contributed by atoms with Crippen molar-refractivity contribution in [1.82, 2.24) is 0 Å². The highest BCUT2D eigenvalue weighted by Crippen LogP contribution is 2.65. The molecule has 2 atom stereocenters. The van der Waals surface area contributed by atoms with Gasteiger partial charge in [0.05, 0.1) is 37.3 Å². The van der Waals surface area contributed by atoms with Gasteiger partial charge in [0.25, 0.3) is 5.91 Å². The van der Waals surface area contributed by atoms with Crippen molar-refractivity contribution in [2.75, 3.05) is 23.0 Å². The van der Waals surface area contributed by atoms with E-state index in [1.807, 2.05) is 0 Å². The Hall–Kier alpha value is -2.07. The lowest BCUT2D eigenvalue weighted by molar-refractivity contribution is -0.117. The summed E-state index contributed by atoms with van der Waals surface area (Å²) in [5.74, 6) is -6.44. The molecule has 0 bridgehead atoms. The minimum Gasteiger partial charge on any atom is -0.383 e. The number of anilines is 3. The van der Waals surface area contributed by atoms with E-state index in [9.17, 15) is 22.8 Å². The van der Waals surface area contributed by atoms with Gasteiger partial charge in [-0.15, -0.1) is 23.2 Å². The zero-order chi connectivity index (χ0) is 28.1. The summed E-state index contributed by atoms with van der Waals surface area (Å²) >= 11 is 36.8. The number of benzene rings is 3. The van der Waals surface area contributed by atoms with E-state index in [1.54, 1.807) is 0 Å². The van der Waals surface area contributed by atoms with Crippen LogP contribution in [0.4, 0.5) is 30.2 Å². The number of hydrogen-bond donors (Lipinski definition) is 3. The number of carbonyl (C=O) groups is 2. The van der Waals surface area contributed by atoms with E-state index in [1.165, 1.54) is 19.2 Å². The molecule has 1 unspecified atom stereocenters. The third-order valence-electron chi connectivity index (χ3n) is 5.83. The molecule has 2 amide bonds. The lowest BCUT2D eigenvalue weighted by atomic mass is 10.1. The van der Waals surface area contributed by atoms with Gasteiger partial charge in [0, 0.05) is 18.7 Å². The molecule has 5 nitrogen and oxygen atoms in total. The number of halogens is 9. The molecule has 3 N–H and O–H groups in total. The van der Waals surface area contributed by atoms with Crippen LogP contribution in [0.1, 0.15) is 21.8 Å². The Balaban J connectivity index is 1.57. The van der Waals surface area contributed by atoms with Crippen molar-refractivity contribution in [2.45, 2.75) is 10.3 Å². The van der Waals surface area contributed by atoms with E-state index in [4.69, 9.17) is 69.6 Å². The molecule has 0 spiro atoms. The molecule has 14 heteroatoms. The van der Waals surface area contributed by atoms with Crippen molar-refractivity contribution in [2.24, 2.45) is 5.92 Å². The van der Waals surface area contributed by atoms with Gasteiger partial charge in [0.15, 0.2) is 5.82 Å². The molecule has 3 aromatic carbocycles. The summed E-state index contributed by atoms with van der Waals surface area (Å²) in [7, 11) is 1.29. The summed E-state index contributed by atoms with van der Waals surface area (Å²) in [6.45, 7) is 0. The Morgan fingerprint density at radius 3 is 2.11 bits per heavy atom. The third-order valence-corrected chi connectivity index (χ3v) is 8.35. The maximum Gasteiger partial charge on any atom is 0.257 e. The van der Waals surface area contributed by atoms with E-state index in [0.717, 1.165) is 24.3 Å². The Morgan fingerprint density at radius 2 is 1.50 bits per heavy atom. The van der Waals surface area contributed by atoms with Crippen LogP contribution in [-0.2, 0) is 4.79 Å².